The maximum atomic E-state index is 13.2. The third-order valence-corrected chi connectivity index (χ3v) is 7.54. The first-order valence-corrected chi connectivity index (χ1v) is 12.0. The van der Waals surface area contributed by atoms with E-state index in [0.29, 0.717) is 21.9 Å². The summed E-state index contributed by atoms with van der Waals surface area (Å²) in [5, 5.41) is 0.572. The largest absolute Gasteiger partial charge is 0.339 e. The lowest BCUT2D eigenvalue weighted by atomic mass is 10.0. The Balaban J connectivity index is 1.64. The van der Waals surface area contributed by atoms with Crippen LogP contribution in [0.3, 0.4) is 0 Å². The van der Waals surface area contributed by atoms with E-state index in [4.69, 9.17) is 4.98 Å². The fourth-order valence-corrected chi connectivity index (χ4v) is 5.76. The minimum absolute atomic E-state index is 0.0756. The van der Waals surface area contributed by atoms with Crippen molar-refractivity contribution >= 4 is 39.2 Å². The molecule has 1 aliphatic rings. The van der Waals surface area contributed by atoms with E-state index in [1.807, 2.05) is 41.3 Å². The van der Waals surface area contributed by atoms with Crippen LogP contribution in [0.15, 0.2) is 59.0 Å². The molecule has 1 saturated heterocycles. The number of allylic oxidation sites excluding steroid dienone is 1. The van der Waals surface area contributed by atoms with Crippen LogP contribution >= 0.6 is 23.1 Å². The second-order valence-electron chi connectivity index (χ2n) is 7.51. The number of benzene rings is 1. The summed E-state index contributed by atoms with van der Waals surface area (Å²) in [6.07, 6.45) is 4.98. The van der Waals surface area contributed by atoms with E-state index in [-0.39, 0.29) is 23.3 Å². The van der Waals surface area contributed by atoms with Crippen molar-refractivity contribution in [1.82, 2.24) is 14.5 Å². The van der Waals surface area contributed by atoms with Gasteiger partial charge in [-0.2, -0.15) is 0 Å². The highest BCUT2D eigenvalue weighted by Crippen LogP contribution is 2.32. The lowest BCUT2D eigenvalue weighted by Gasteiger charge is -2.33. The smallest absolute Gasteiger partial charge is 0.272 e. The fraction of sp³-hybridized carbons (Fsp3) is 0.348. The van der Waals surface area contributed by atoms with Gasteiger partial charge in [-0.05, 0) is 37.8 Å². The Hall–Kier alpha value is -2.38. The molecule has 0 saturated carbocycles. The summed E-state index contributed by atoms with van der Waals surface area (Å²) in [7, 11) is 0. The Morgan fingerprint density at radius 2 is 2.13 bits per heavy atom. The zero-order valence-corrected chi connectivity index (χ0v) is 18.7. The second kappa shape index (κ2) is 9.18. The molecule has 2 aromatic heterocycles. The van der Waals surface area contributed by atoms with Crippen molar-refractivity contribution in [1.29, 1.82) is 0 Å². The van der Waals surface area contributed by atoms with Crippen molar-refractivity contribution in [2.24, 2.45) is 0 Å². The molecule has 4 rings (SSSR count). The van der Waals surface area contributed by atoms with E-state index in [9.17, 15) is 9.59 Å². The van der Waals surface area contributed by atoms with Crippen LogP contribution in [0.25, 0.3) is 20.7 Å². The van der Waals surface area contributed by atoms with Gasteiger partial charge in [0, 0.05) is 24.0 Å². The van der Waals surface area contributed by atoms with Gasteiger partial charge in [0.05, 0.1) is 11.3 Å². The highest BCUT2D eigenvalue weighted by molar-refractivity contribution is 7.99. The number of thiophene rings is 1. The number of hydrogen-bond donors (Lipinski definition) is 0. The average Bonchev–Trinajstić information content (AvgIpc) is 3.20. The molecule has 3 aromatic rings. The molecule has 1 unspecified atom stereocenters. The normalized spacial score (nSPS) is 16.7. The van der Waals surface area contributed by atoms with Gasteiger partial charge in [-0.3, -0.25) is 14.2 Å². The molecule has 1 amide bonds. The van der Waals surface area contributed by atoms with E-state index in [2.05, 4.69) is 13.5 Å². The fourth-order valence-electron chi connectivity index (χ4n) is 3.81. The average molecular weight is 440 g/mol. The molecule has 0 bridgehead atoms. The van der Waals surface area contributed by atoms with E-state index < -0.39 is 0 Å². The number of amides is 1. The summed E-state index contributed by atoms with van der Waals surface area (Å²) in [4.78, 5) is 33.7. The first-order chi connectivity index (χ1) is 14.6. The Labute approximate surface area is 184 Å². The Morgan fingerprint density at radius 1 is 1.33 bits per heavy atom. The highest BCUT2D eigenvalue weighted by atomic mass is 32.2. The number of piperidine rings is 1. The number of fused-ring (bicyclic) bond motifs is 1. The molecular weight excluding hydrogens is 414 g/mol. The molecule has 1 atom stereocenters. The number of aromatic nitrogens is 2. The van der Waals surface area contributed by atoms with Gasteiger partial charge in [-0.1, -0.05) is 48.2 Å². The first-order valence-electron chi connectivity index (χ1n) is 10.2. The summed E-state index contributed by atoms with van der Waals surface area (Å²) in [6.45, 7) is 7.08. The van der Waals surface area contributed by atoms with Crippen LogP contribution in [0, 0.1) is 0 Å². The third-order valence-electron chi connectivity index (χ3n) is 5.42. The molecule has 1 aliphatic heterocycles. The zero-order valence-electron chi connectivity index (χ0n) is 17.0. The number of carbonyl (C=O) groups excluding carboxylic acids is 1. The monoisotopic (exact) mass is 439 g/mol. The molecule has 3 heterocycles. The summed E-state index contributed by atoms with van der Waals surface area (Å²) < 4.78 is 2.26. The number of rotatable bonds is 6. The predicted octanol–water partition coefficient (Wildman–Crippen LogP) is 4.80. The van der Waals surface area contributed by atoms with Gasteiger partial charge in [0.15, 0.2) is 5.16 Å². The third kappa shape index (κ3) is 4.23. The van der Waals surface area contributed by atoms with E-state index >= 15 is 0 Å². The van der Waals surface area contributed by atoms with E-state index in [1.54, 1.807) is 10.6 Å². The van der Waals surface area contributed by atoms with Crippen LogP contribution in [-0.4, -0.2) is 38.7 Å². The van der Waals surface area contributed by atoms with Gasteiger partial charge in [-0.25, -0.2) is 4.98 Å². The van der Waals surface area contributed by atoms with E-state index in [0.717, 1.165) is 29.8 Å². The molecule has 1 fully saturated rings. The Bertz CT molecular complexity index is 1120. The Kier molecular flexibility index (Phi) is 6.39. The minimum atomic E-state index is -0.0756. The van der Waals surface area contributed by atoms with Crippen LogP contribution in [0.4, 0.5) is 0 Å². The van der Waals surface area contributed by atoms with Gasteiger partial charge in [0.25, 0.3) is 5.56 Å². The molecule has 0 spiro atoms. The van der Waals surface area contributed by atoms with Gasteiger partial charge >= 0.3 is 0 Å². The molecule has 7 heteroatoms. The minimum Gasteiger partial charge on any atom is -0.339 e. The topological polar surface area (TPSA) is 55.2 Å². The summed E-state index contributed by atoms with van der Waals surface area (Å²) in [6, 6.07) is 12.2. The van der Waals surface area contributed by atoms with Crippen molar-refractivity contribution in [3.05, 3.63) is 59.4 Å². The number of hydrogen-bond acceptors (Lipinski definition) is 5. The standard InChI is InChI=1S/C23H25N3O2S2/c1-3-12-26-22(28)21-18(14-19(30-21)17-10-5-4-6-11-17)24-23(26)29-15-20(27)25-13-8-7-9-16(25)2/h3-6,10-11,14,16H,1,7-9,12-13,15H2,2H3. The van der Waals surface area contributed by atoms with Gasteiger partial charge in [0.2, 0.25) is 5.91 Å². The van der Waals surface area contributed by atoms with Gasteiger partial charge < -0.3 is 4.90 Å². The maximum absolute atomic E-state index is 13.2. The van der Waals surface area contributed by atoms with Crippen LogP contribution in [-0.2, 0) is 11.3 Å². The van der Waals surface area contributed by atoms with Crippen LogP contribution < -0.4 is 5.56 Å². The van der Waals surface area contributed by atoms with Crippen molar-refractivity contribution in [3.63, 3.8) is 0 Å². The van der Waals surface area contributed by atoms with Gasteiger partial charge in [-0.15, -0.1) is 17.9 Å². The molecule has 0 N–H and O–H groups in total. The Morgan fingerprint density at radius 3 is 2.87 bits per heavy atom. The molecule has 5 nitrogen and oxygen atoms in total. The summed E-state index contributed by atoms with van der Waals surface area (Å²) in [5.41, 5.74) is 1.68. The molecule has 156 valence electrons. The maximum Gasteiger partial charge on any atom is 0.272 e. The number of likely N-dealkylation sites (tertiary alicyclic amines) is 1. The van der Waals surface area contributed by atoms with Crippen LogP contribution in [0.2, 0.25) is 0 Å². The SMILES string of the molecule is C=CCn1c(SCC(=O)N2CCCCC2C)nc2cc(-c3ccccc3)sc2c1=O. The highest BCUT2D eigenvalue weighted by Gasteiger charge is 2.24. The molecule has 0 radical (unpaired) electrons. The molecule has 0 aliphatic carbocycles. The molecular formula is C23H25N3O2S2. The van der Waals surface area contributed by atoms with Crippen molar-refractivity contribution in [3.8, 4) is 10.4 Å². The first kappa shape index (κ1) is 20.9. The zero-order chi connectivity index (χ0) is 21.1. The van der Waals surface area contributed by atoms with Crippen molar-refractivity contribution < 1.29 is 4.79 Å². The summed E-state index contributed by atoms with van der Waals surface area (Å²) in [5.74, 6) is 0.400. The predicted molar refractivity (Wildman–Crippen MR) is 125 cm³/mol. The van der Waals surface area contributed by atoms with Crippen LogP contribution in [0.1, 0.15) is 26.2 Å². The second-order valence-corrected chi connectivity index (χ2v) is 9.51. The van der Waals surface area contributed by atoms with Crippen molar-refractivity contribution in [2.45, 2.75) is 43.9 Å². The van der Waals surface area contributed by atoms with Crippen molar-refractivity contribution in [2.75, 3.05) is 12.3 Å². The molecule has 30 heavy (non-hydrogen) atoms. The number of nitrogens with zero attached hydrogens (tertiary/aromatic N) is 3. The lowest BCUT2D eigenvalue weighted by molar-refractivity contribution is -0.131. The molecule has 1 aromatic carbocycles. The number of carbonyl (C=O) groups is 1. The van der Waals surface area contributed by atoms with Crippen LogP contribution in [0.5, 0.6) is 0 Å². The van der Waals surface area contributed by atoms with Gasteiger partial charge in [0.1, 0.15) is 4.70 Å². The number of thioether (sulfide) groups is 1. The lowest BCUT2D eigenvalue weighted by Crippen LogP contribution is -2.43. The quantitative estimate of drug-likeness (QED) is 0.314. The summed E-state index contributed by atoms with van der Waals surface area (Å²) >= 11 is 2.80. The van der Waals surface area contributed by atoms with E-state index in [1.165, 1.54) is 29.5 Å².